The van der Waals surface area contributed by atoms with Gasteiger partial charge in [-0.1, -0.05) is 12.1 Å². The Bertz CT molecular complexity index is 916. The number of anilines is 2. The molecule has 0 spiro atoms. The molecule has 0 fully saturated rings. The zero-order chi connectivity index (χ0) is 18.0. The molecular formula is C18H20N2O3S2. The molecule has 0 saturated heterocycles. The SMILES string of the molecule is C/C(=C\c1cccs1)C(=O)Nc1ccc2c(c1)N(S(C)(=O)=O)CCC2. The minimum atomic E-state index is -3.32. The third-order valence-corrected chi connectivity index (χ3v) is 6.08. The Morgan fingerprint density at radius 3 is 2.80 bits per heavy atom. The minimum absolute atomic E-state index is 0.199. The number of amides is 1. The van der Waals surface area contributed by atoms with Gasteiger partial charge in [0, 0.05) is 22.7 Å². The molecule has 0 atom stereocenters. The molecule has 1 aliphatic heterocycles. The summed E-state index contributed by atoms with van der Waals surface area (Å²) in [6.07, 6.45) is 4.68. The summed E-state index contributed by atoms with van der Waals surface area (Å²) in [7, 11) is -3.32. The standard InChI is InChI=1S/C18H20N2O3S2/c1-13(11-16-6-4-10-24-16)18(21)19-15-8-7-14-5-3-9-20(17(14)12-15)25(2,22)23/h4,6-8,10-12H,3,5,9H2,1-2H3,(H,19,21)/b13-11+. The second-order valence-electron chi connectivity index (χ2n) is 6.08. The van der Waals surface area contributed by atoms with E-state index in [1.807, 2.05) is 35.7 Å². The van der Waals surface area contributed by atoms with Crippen molar-refractivity contribution in [2.45, 2.75) is 19.8 Å². The molecule has 2 aromatic rings. The van der Waals surface area contributed by atoms with Crippen LogP contribution in [0.25, 0.3) is 6.08 Å². The number of fused-ring (bicyclic) bond motifs is 1. The summed E-state index contributed by atoms with van der Waals surface area (Å²) in [6.45, 7) is 2.23. The van der Waals surface area contributed by atoms with Gasteiger partial charge in [-0.25, -0.2) is 8.42 Å². The highest BCUT2D eigenvalue weighted by Crippen LogP contribution is 2.31. The van der Waals surface area contributed by atoms with Gasteiger partial charge in [-0.15, -0.1) is 11.3 Å². The van der Waals surface area contributed by atoms with Crippen molar-refractivity contribution < 1.29 is 13.2 Å². The molecule has 7 heteroatoms. The fraction of sp³-hybridized carbons (Fsp3) is 0.278. The zero-order valence-electron chi connectivity index (χ0n) is 14.2. The van der Waals surface area contributed by atoms with Crippen LogP contribution < -0.4 is 9.62 Å². The number of carbonyl (C=O) groups excluding carboxylic acids is 1. The molecule has 3 rings (SSSR count). The minimum Gasteiger partial charge on any atom is -0.322 e. The molecule has 0 radical (unpaired) electrons. The van der Waals surface area contributed by atoms with Crippen LogP contribution in [-0.4, -0.2) is 27.1 Å². The quantitative estimate of drug-likeness (QED) is 0.831. The zero-order valence-corrected chi connectivity index (χ0v) is 15.8. The average Bonchev–Trinajstić information content (AvgIpc) is 3.06. The molecule has 0 saturated carbocycles. The van der Waals surface area contributed by atoms with E-state index in [4.69, 9.17) is 0 Å². The van der Waals surface area contributed by atoms with Gasteiger partial charge in [0.15, 0.2) is 0 Å². The number of benzene rings is 1. The van der Waals surface area contributed by atoms with Crippen LogP contribution in [0.3, 0.4) is 0 Å². The fourth-order valence-corrected chi connectivity index (χ4v) is 4.55. The van der Waals surface area contributed by atoms with Gasteiger partial charge in [0.05, 0.1) is 11.9 Å². The number of sulfonamides is 1. The molecule has 1 amide bonds. The van der Waals surface area contributed by atoms with Gasteiger partial charge in [-0.2, -0.15) is 0 Å². The summed E-state index contributed by atoms with van der Waals surface area (Å²) in [5, 5.41) is 4.81. The molecular weight excluding hydrogens is 356 g/mol. The van der Waals surface area contributed by atoms with E-state index in [1.54, 1.807) is 24.3 Å². The molecule has 1 aliphatic rings. The molecule has 0 bridgehead atoms. The summed E-state index contributed by atoms with van der Waals surface area (Å²) >= 11 is 1.57. The molecule has 5 nitrogen and oxygen atoms in total. The highest BCUT2D eigenvalue weighted by Gasteiger charge is 2.24. The molecule has 1 aromatic heterocycles. The number of carbonyl (C=O) groups is 1. The molecule has 0 aliphatic carbocycles. The first kappa shape index (κ1) is 17.7. The van der Waals surface area contributed by atoms with Gasteiger partial charge in [-0.05, 0) is 55.0 Å². The second kappa shape index (κ2) is 7.01. The van der Waals surface area contributed by atoms with E-state index in [0.717, 1.165) is 23.3 Å². The Morgan fingerprint density at radius 2 is 2.12 bits per heavy atom. The first-order valence-corrected chi connectivity index (χ1v) is 10.7. The lowest BCUT2D eigenvalue weighted by atomic mass is 10.0. The van der Waals surface area contributed by atoms with E-state index >= 15 is 0 Å². The molecule has 132 valence electrons. The van der Waals surface area contributed by atoms with Gasteiger partial charge in [0.2, 0.25) is 10.0 Å². The van der Waals surface area contributed by atoms with Crippen LogP contribution in [0, 0.1) is 0 Å². The van der Waals surface area contributed by atoms with E-state index in [1.165, 1.54) is 10.6 Å². The maximum atomic E-state index is 12.4. The van der Waals surface area contributed by atoms with Gasteiger partial charge >= 0.3 is 0 Å². The van der Waals surface area contributed by atoms with Gasteiger partial charge in [0.25, 0.3) is 5.91 Å². The number of nitrogens with one attached hydrogen (secondary N) is 1. The van der Waals surface area contributed by atoms with Crippen LogP contribution >= 0.6 is 11.3 Å². The Labute approximate surface area is 152 Å². The Morgan fingerprint density at radius 1 is 1.32 bits per heavy atom. The van der Waals surface area contributed by atoms with E-state index in [2.05, 4.69) is 5.32 Å². The van der Waals surface area contributed by atoms with Crippen LogP contribution in [0.4, 0.5) is 11.4 Å². The van der Waals surface area contributed by atoms with Crippen LogP contribution in [0.5, 0.6) is 0 Å². The lowest BCUT2D eigenvalue weighted by Gasteiger charge is -2.29. The third-order valence-electron chi connectivity index (χ3n) is 4.08. The topological polar surface area (TPSA) is 66.5 Å². The van der Waals surface area contributed by atoms with Crippen molar-refractivity contribution in [3.05, 3.63) is 51.7 Å². The summed E-state index contributed by atoms with van der Waals surface area (Å²) < 4.78 is 25.4. The molecule has 2 heterocycles. The van der Waals surface area contributed by atoms with Crippen molar-refractivity contribution in [3.8, 4) is 0 Å². The van der Waals surface area contributed by atoms with Crippen molar-refractivity contribution in [2.75, 3.05) is 22.4 Å². The molecule has 1 aromatic carbocycles. The van der Waals surface area contributed by atoms with Crippen molar-refractivity contribution in [2.24, 2.45) is 0 Å². The normalized spacial score (nSPS) is 15.0. The summed E-state index contributed by atoms with van der Waals surface area (Å²) in [5.74, 6) is -0.199. The van der Waals surface area contributed by atoms with Gasteiger partial charge in [0.1, 0.15) is 0 Å². The number of aryl methyl sites for hydroxylation is 1. The molecule has 0 unspecified atom stereocenters. The number of thiophene rings is 1. The first-order valence-electron chi connectivity index (χ1n) is 7.98. The Balaban J connectivity index is 1.83. The third kappa shape index (κ3) is 4.11. The maximum absolute atomic E-state index is 12.4. The predicted octanol–water partition coefficient (Wildman–Crippen LogP) is 3.50. The highest BCUT2D eigenvalue weighted by atomic mass is 32.2. The van der Waals surface area contributed by atoms with E-state index in [0.29, 0.717) is 23.5 Å². The Hall–Kier alpha value is -2.12. The molecule has 1 N–H and O–H groups in total. The fourth-order valence-electron chi connectivity index (χ4n) is 2.85. The predicted molar refractivity (Wildman–Crippen MR) is 104 cm³/mol. The van der Waals surface area contributed by atoms with Crippen molar-refractivity contribution in [1.29, 1.82) is 0 Å². The first-order chi connectivity index (χ1) is 11.8. The van der Waals surface area contributed by atoms with Crippen molar-refractivity contribution in [3.63, 3.8) is 0 Å². The number of hydrogen-bond acceptors (Lipinski definition) is 4. The number of rotatable bonds is 4. The van der Waals surface area contributed by atoms with Crippen LogP contribution in [-0.2, 0) is 21.2 Å². The lowest BCUT2D eigenvalue weighted by Crippen LogP contribution is -2.34. The van der Waals surface area contributed by atoms with Gasteiger partial charge in [-0.3, -0.25) is 9.10 Å². The number of hydrogen-bond donors (Lipinski definition) is 1. The number of nitrogens with zero attached hydrogens (tertiary/aromatic N) is 1. The smallest absolute Gasteiger partial charge is 0.251 e. The summed E-state index contributed by atoms with van der Waals surface area (Å²) in [5.41, 5.74) is 2.84. The maximum Gasteiger partial charge on any atom is 0.251 e. The average molecular weight is 377 g/mol. The second-order valence-corrected chi connectivity index (χ2v) is 8.97. The summed E-state index contributed by atoms with van der Waals surface area (Å²) in [4.78, 5) is 13.4. The van der Waals surface area contributed by atoms with Crippen LogP contribution in [0.15, 0.2) is 41.3 Å². The highest BCUT2D eigenvalue weighted by molar-refractivity contribution is 7.92. The largest absolute Gasteiger partial charge is 0.322 e. The van der Waals surface area contributed by atoms with Crippen LogP contribution in [0.2, 0.25) is 0 Å². The van der Waals surface area contributed by atoms with E-state index < -0.39 is 10.0 Å². The van der Waals surface area contributed by atoms with Crippen LogP contribution in [0.1, 0.15) is 23.8 Å². The lowest BCUT2D eigenvalue weighted by molar-refractivity contribution is -0.112. The van der Waals surface area contributed by atoms with E-state index in [9.17, 15) is 13.2 Å². The Kier molecular flexibility index (Phi) is 4.96. The van der Waals surface area contributed by atoms with E-state index in [-0.39, 0.29) is 5.91 Å². The summed E-state index contributed by atoms with van der Waals surface area (Å²) in [6, 6.07) is 9.34. The molecule has 25 heavy (non-hydrogen) atoms. The monoisotopic (exact) mass is 376 g/mol. The van der Waals surface area contributed by atoms with Crippen molar-refractivity contribution in [1.82, 2.24) is 0 Å². The van der Waals surface area contributed by atoms with Gasteiger partial charge < -0.3 is 5.32 Å². The van der Waals surface area contributed by atoms with Crippen molar-refractivity contribution >= 4 is 44.7 Å².